The molecule has 1 N–H and O–H groups in total. The molecule has 0 saturated carbocycles. The summed E-state index contributed by atoms with van der Waals surface area (Å²) >= 11 is 0. The van der Waals surface area contributed by atoms with E-state index in [1.807, 2.05) is 19.0 Å². The van der Waals surface area contributed by atoms with Crippen molar-refractivity contribution in [1.82, 2.24) is 15.1 Å². The van der Waals surface area contributed by atoms with Crippen molar-refractivity contribution in [2.24, 2.45) is 0 Å². The zero-order valence-electron chi connectivity index (χ0n) is 10.7. The molecule has 1 saturated heterocycles. The van der Waals surface area contributed by atoms with Crippen LogP contribution in [-0.4, -0.2) is 74.6 Å². The number of hydrogen-bond acceptors (Lipinski definition) is 4. The van der Waals surface area contributed by atoms with E-state index in [2.05, 4.69) is 5.32 Å². The van der Waals surface area contributed by atoms with Crippen molar-refractivity contribution in [3.8, 4) is 0 Å². The first kappa shape index (κ1) is 13.9. The van der Waals surface area contributed by atoms with Gasteiger partial charge in [-0.05, 0) is 21.0 Å². The summed E-state index contributed by atoms with van der Waals surface area (Å²) in [6.07, 6.45) is 0. The van der Waals surface area contributed by atoms with E-state index in [1.165, 1.54) is 0 Å². The zero-order chi connectivity index (χ0) is 12.8. The molecule has 0 spiro atoms. The van der Waals surface area contributed by atoms with Gasteiger partial charge in [-0.3, -0.25) is 9.59 Å². The Hall–Kier alpha value is -1.14. The zero-order valence-corrected chi connectivity index (χ0v) is 10.7. The summed E-state index contributed by atoms with van der Waals surface area (Å²) in [6, 6.07) is -0.418. The Labute approximate surface area is 102 Å². The van der Waals surface area contributed by atoms with Gasteiger partial charge in [0.1, 0.15) is 6.04 Å². The third-order valence-corrected chi connectivity index (χ3v) is 2.58. The van der Waals surface area contributed by atoms with Gasteiger partial charge in [0.25, 0.3) is 0 Å². The van der Waals surface area contributed by atoms with E-state index in [0.717, 1.165) is 6.54 Å². The first-order valence-electron chi connectivity index (χ1n) is 5.81. The number of nitrogens with zero attached hydrogens (tertiary/aromatic N) is 2. The van der Waals surface area contributed by atoms with Crippen molar-refractivity contribution in [3.63, 3.8) is 0 Å². The molecule has 2 amide bonds. The molecule has 1 aliphatic heterocycles. The van der Waals surface area contributed by atoms with Crippen LogP contribution in [0.25, 0.3) is 0 Å². The molecule has 0 aromatic rings. The van der Waals surface area contributed by atoms with E-state index >= 15 is 0 Å². The maximum atomic E-state index is 11.7. The molecule has 0 radical (unpaired) electrons. The van der Waals surface area contributed by atoms with E-state index in [9.17, 15) is 9.59 Å². The number of carbonyl (C=O) groups excluding carboxylic acids is 2. The Kier molecular flexibility index (Phi) is 5.37. The van der Waals surface area contributed by atoms with Crippen LogP contribution in [0.15, 0.2) is 0 Å². The monoisotopic (exact) mass is 243 g/mol. The molecule has 6 nitrogen and oxygen atoms in total. The van der Waals surface area contributed by atoms with Crippen molar-refractivity contribution in [2.45, 2.75) is 13.0 Å². The van der Waals surface area contributed by atoms with Crippen LogP contribution in [0.5, 0.6) is 0 Å². The largest absolute Gasteiger partial charge is 0.378 e. The Bertz CT molecular complexity index is 281. The molecule has 1 fully saturated rings. The van der Waals surface area contributed by atoms with Gasteiger partial charge in [0, 0.05) is 13.1 Å². The minimum absolute atomic E-state index is 0.0409. The quantitative estimate of drug-likeness (QED) is 0.602. The highest BCUT2D eigenvalue weighted by molar-refractivity contribution is 5.94. The van der Waals surface area contributed by atoms with Crippen molar-refractivity contribution in [2.75, 3.05) is 46.9 Å². The Balaban J connectivity index is 2.21. The van der Waals surface area contributed by atoms with Crippen molar-refractivity contribution >= 4 is 11.8 Å². The van der Waals surface area contributed by atoms with E-state index in [4.69, 9.17) is 4.74 Å². The molecule has 0 bridgehead atoms. The van der Waals surface area contributed by atoms with Gasteiger partial charge in [-0.1, -0.05) is 0 Å². The van der Waals surface area contributed by atoms with Gasteiger partial charge >= 0.3 is 0 Å². The second-order valence-corrected chi connectivity index (χ2v) is 4.46. The Morgan fingerprint density at radius 2 is 2.12 bits per heavy atom. The van der Waals surface area contributed by atoms with Gasteiger partial charge in [0.15, 0.2) is 0 Å². The average molecular weight is 243 g/mol. The number of nitrogens with one attached hydrogen (secondary N) is 1. The first-order valence-corrected chi connectivity index (χ1v) is 5.81. The number of hydrogen-bond donors (Lipinski definition) is 1. The highest BCUT2D eigenvalue weighted by Gasteiger charge is 2.28. The van der Waals surface area contributed by atoms with Gasteiger partial charge < -0.3 is 19.9 Å². The van der Waals surface area contributed by atoms with Crippen molar-refractivity contribution in [3.05, 3.63) is 0 Å². The summed E-state index contributed by atoms with van der Waals surface area (Å²) in [6.45, 7) is 4.27. The lowest BCUT2D eigenvalue weighted by molar-refractivity contribution is -0.144. The molecule has 17 heavy (non-hydrogen) atoms. The van der Waals surface area contributed by atoms with Crippen LogP contribution >= 0.6 is 0 Å². The third-order valence-electron chi connectivity index (χ3n) is 2.58. The maximum Gasteiger partial charge on any atom is 0.245 e. The van der Waals surface area contributed by atoms with Crippen LogP contribution in [0.2, 0.25) is 0 Å². The van der Waals surface area contributed by atoms with Gasteiger partial charge in [-0.2, -0.15) is 0 Å². The first-order chi connectivity index (χ1) is 8.00. The van der Waals surface area contributed by atoms with E-state index in [0.29, 0.717) is 19.8 Å². The van der Waals surface area contributed by atoms with Crippen LogP contribution in [0, 0.1) is 0 Å². The van der Waals surface area contributed by atoms with E-state index in [-0.39, 0.29) is 18.4 Å². The number of amides is 2. The molecule has 1 unspecified atom stereocenters. The molecule has 98 valence electrons. The molecular formula is C11H21N3O3. The van der Waals surface area contributed by atoms with Crippen LogP contribution < -0.4 is 5.32 Å². The minimum Gasteiger partial charge on any atom is -0.378 e. The van der Waals surface area contributed by atoms with E-state index < -0.39 is 6.04 Å². The standard InChI is InChI=1S/C11H21N3O3/c1-9-11(16)14(8-10(15)12-9)5-7-17-6-4-13(2)3/h9H,4-8H2,1-3H3,(H,12,15). The van der Waals surface area contributed by atoms with Crippen molar-refractivity contribution < 1.29 is 14.3 Å². The van der Waals surface area contributed by atoms with Crippen LogP contribution in [0.4, 0.5) is 0 Å². The smallest absolute Gasteiger partial charge is 0.245 e. The molecule has 1 heterocycles. The fourth-order valence-electron chi connectivity index (χ4n) is 1.59. The highest BCUT2D eigenvalue weighted by atomic mass is 16.5. The maximum absolute atomic E-state index is 11.7. The molecule has 1 rings (SSSR count). The van der Waals surface area contributed by atoms with Crippen molar-refractivity contribution in [1.29, 1.82) is 0 Å². The third kappa shape index (κ3) is 4.70. The molecule has 0 aromatic heterocycles. The SMILES string of the molecule is CC1NC(=O)CN(CCOCCN(C)C)C1=O. The summed E-state index contributed by atoms with van der Waals surface area (Å²) in [5.74, 6) is -0.147. The van der Waals surface area contributed by atoms with Crippen LogP contribution in [-0.2, 0) is 14.3 Å². The summed E-state index contributed by atoms with van der Waals surface area (Å²) < 4.78 is 5.40. The second-order valence-electron chi connectivity index (χ2n) is 4.46. The van der Waals surface area contributed by atoms with E-state index in [1.54, 1.807) is 11.8 Å². The number of ether oxygens (including phenoxy) is 1. The van der Waals surface area contributed by atoms with Gasteiger partial charge in [-0.25, -0.2) is 0 Å². The molecular weight excluding hydrogens is 222 g/mol. The topological polar surface area (TPSA) is 61.9 Å². The molecule has 0 aliphatic carbocycles. The Morgan fingerprint density at radius 1 is 1.41 bits per heavy atom. The molecule has 6 heteroatoms. The predicted molar refractivity (Wildman–Crippen MR) is 63.6 cm³/mol. The summed E-state index contributed by atoms with van der Waals surface area (Å²) in [5, 5.41) is 2.60. The fraction of sp³-hybridized carbons (Fsp3) is 0.818. The lowest BCUT2D eigenvalue weighted by Gasteiger charge is -2.30. The number of carbonyl (C=O) groups is 2. The van der Waals surface area contributed by atoms with Gasteiger partial charge in [0.05, 0.1) is 19.8 Å². The fourth-order valence-corrected chi connectivity index (χ4v) is 1.59. The molecule has 0 aromatic carbocycles. The summed E-state index contributed by atoms with van der Waals surface area (Å²) in [4.78, 5) is 26.5. The number of likely N-dealkylation sites (N-methyl/N-ethyl adjacent to an activating group) is 1. The molecule has 1 atom stereocenters. The lowest BCUT2D eigenvalue weighted by atomic mass is 10.2. The molecule has 1 aliphatic rings. The number of piperazine rings is 1. The second kappa shape index (κ2) is 6.56. The number of rotatable bonds is 6. The van der Waals surface area contributed by atoms with Crippen LogP contribution in [0.1, 0.15) is 6.92 Å². The van der Waals surface area contributed by atoms with Crippen LogP contribution in [0.3, 0.4) is 0 Å². The summed E-state index contributed by atoms with van der Waals surface area (Å²) in [5.41, 5.74) is 0. The predicted octanol–water partition coefficient (Wildman–Crippen LogP) is -1.09. The summed E-state index contributed by atoms with van der Waals surface area (Å²) in [7, 11) is 3.95. The highest BCUT2D eigenvalue weighted by Crippen LogP contribution is 2.01. The minimum atomic E-state index is -0.418. The van der Waals surface area contributed by atoms with Gasteiger partial charge in [-0.15, -0.1) is 0 Å². The lowest BCUT2D eigenvalue weighted by Crippen LogP contribution is -2.57. The average Bonchev–Trinajstić information content (AvgIpc) is 2.23. The van der Waals surface area contributed by atoms with Gasteiger partial charge in [0.2, 0.25) is 11.8 Å². The normalized spacial score (nSPS) is 20.9. The Morgan fingerprint density at radius 3 is 2.76 bits per heavy atom.